The van der Waals surface area contributed by atoms with Crippen molar-refractivity contribution in [3.63, 3.8) is 0 Å². The van der Waals surface area contributed by atoms with Crippen LogP contribution in [0.2, 0.25) is 103 Å². The van der Waals surface area contributed by atoms with Gasteiger partial charge in [-0.05, 0) is 129 Å². The van der Waals surface area contributed by atoms with Crippen molar-refractivity contribution in [3.8, 4) is 0 Å². The molecule has 702 valence electrons. The first kappa shape index (κ1) is 108. The lowest BCUT2D eigenvalue weighted by Gasteiger charge is -2.34. The lowest BCUT2D eigenvalue weighted by atomic mass is 9.85. The minimum Gasteiger partial charge on any atom is -0.455 e. The molecule has 0 atom stereocenters. The van der Waals surface area contributed by atoms with Crippen LogP contribution >= 0.6 is 23.5 Å². The smallest absolute Gasteiger partial charge is 0.216 e. The quantitative estimate of drug-likeness (QED) is 0.0138. The molecule has 0 spiro atoms. The molecule has 0 saturated heterocycles. The maximum absolute atomic E-state index is 13.1. The SMILES string of the molecule is CC(=O)CC(COCc1cn(CCOCCOCCOCc2cnc(CC[Si](C)(C)O[Si](C)(C)CCCNC(C)=O)nc2)nn1)(COCc1cn(CCOCCOCCOCc2cnc(SC[Si](C)(C)O[Si](C)(C)CCCNC(C)=O)nc2)nn1)COCc1cn(CCOCCOCCOCc2cnc(SC[Si](C)(C)O[Si](C)(C)CCCNC(C)=O)nc2)nn1. The fraction of sp³-hybridized carbons (Fsp3) is 0.725. The summed E-state index contributed by atoms with van der Waals surface area (Å²) in [7, 11) is -11.5. The number of rotatable bonds is 74. The number of carbonyl (C=O) groups is 4. The van der Waals surface area contributed by atoms with Gasteiger partial charge in [-0.15, -0.1) is 15.3 Å². The fourth-order valence-electron chi connectivity index (χ4n) is 13.1. The third kappa shape index (κ3) is 51.4. The molecule has 45 heteroatoms. The molecule has 6 aromatic heterocycles. The van der Waals surface area contributed by atoms with E-state index < -0.39 is 55.3 Å². The Balaban J connectivity index is 0.873. The predicted octanol–water partition coefficient (Wildman–Crippen LogP) is 9.16. The van der Waals surface area contributed by atoms with Gasteiger partial charge < -0.3 is 89.9 Å². The van der Waals surface area contributed by atoms with E-state index in [1.54, 1.807) is 102 Å². The number of ketones is 1. The van der Waals surface area contributed by atoms with Gasteiger partial charge in [0.05, 0.1) is 197 Å². The van der Waals surface area contributed by atoms with Crippen molar-refractivity contribution in [2.24, 2.45) is 5.41 Å². The molecule has 0 aromatic carbocycles. The van der Waals surface area contributed by atoms with Crippen LogP contribution in [-0.2, 0) is 154 Å². The standard InChI is InChI=1S/C80H142N18O19S2Si6/c1-67(99)46-80(62-112-59-74-53-96(93-90-74)24-27-103-30-33-106-36-39-109-56-71-47-84-77(85-48-71)20-45-123(11,12)115-120(5,6)42-17-21-81-68(2)100,63-113-60-75-54-97(94-91-75)25-28-104-31-34-107-37-40-110-57-72-49-86-78(87-50-72)118-65-124(13,14)116-121(7,8)43-18-22-82-69(3)101)64-114-61-76-55-98(95-92-76)26-29-105-32-35-108-38-41-111-58-73-51-88-79(89-52-73)119-66-125(15,16)117-122(9,10)44-19-23-83-70(4)102/h47-55H,17-46,56-66H2,1-16H3,(H,81,100)(H,82,101)(H,83,102). The second kappa shape index (κ2) is 58.7. The number of aryl methyl sites for hydroxylation is 1. The van der Waals surface area contributed by atoms with Crippen molar-refractivity contribution in [2.75, 3.05) is 149 Å². The summed E-state index contributed by atoms with van der Waals surface area (Å²) < 4.78 is 96.6. The normalized spacial score (nSPS) is 12.5. The van der Waals surface area contributed by atoms with Crippen LogP contribution < -0.4 is 16.0 Å². The molecule has 0 radical (unpaired) electrons. The van der Waals surface area contributed by atoms with Gasteiger partial charge in [0.2, 0.25) is 17.7 Å². The lowest BCUT2D eigenvalue weighted by Crippen LogP contribution is -2.46. The number of hydrogen-bond donors (Lipinski definition) is 3. The molecule has 6 aromatic rings. The highest BCUT2D eigenvalue weighted by Crippen LogP contribution is 2.30. The Hall–Kier alpha value is -5.86. The minimum absolute atomic E-state index is 0.00126. The number of Topliss-reactive ketones (excluding diaryl/α,β-unsaturated/α-hetero) is 1. The highest BCUT2D eigenvalue weighted by atomic mass is 32.2. The molecule has 0 saturated carbocycles. The predicted molar refractivity (Wildman–Crippen MR) is 489 cm³/mol. The Morgan fingerprint density at radius 2 is 0.632 bits per heavy atom. The zero-order valence-corrected chi connectivity index (χ0v) is 84.6. The molecular formula is C80H142N18O19S2Si6. The molecule has 0 unspecified atom stereocenters. The third-order valence-electron chi connectivity index (χ3n) is 18.6. The maximum atomic E-state index is 13.1. The fourth-order valence-corrected chi connectivity index (χ4v) is 42.5. The lowest BCUT2D eigenvalue weighted by molar-refractivity contribution is -0.128. The van der Waals surface area contributed by atoms with Crippen LogP contribution in [0.25, 0.3) is 0 Å². The third-order valence-corrected chi connectivity index (χ3v) is 45.6. The number of nitrogens with zero attached hydrogens (tertiary/aromatic N) is 15. The number of ether oxygens (including phenoxy) is 12. The molecule has 6 rings (SSSR count). The molecule has 0 aliphatic heterocycles. The second-order valence-electron chi connectivity index (χ2n) is 34.6. The molecule has 37 nitrogen and oxygen atoms in total. The van der Waals surface area contributed by atoms with Gasteiger partial charge in [0.15, 0.2) is 60.2 Å². The molecule has 0 fully saturated rings. The summed E-state index contributed by atoms with van der Waals surface area (Å²) in [5.41, 5.74) is 3.47. The Labute approximate surface area is 753 Å². The van der Waals surface area contributed by atoms with Crippen molar-refractivity contribution in [1.82, 2.24) is 90.8 Å². The zero-order valence-electron chi connectivity index (χ0n) is 77.0. The van der Waals surface area contributed by atoms with E-state index in [0.717, 1.165) is 83.1 Å². The van der Waals surface area contributed by atoms with Crippen molar-refractivity contribution < 1.29 is 88.4 Å². The first-order valence-electron chi connectivity index (χ1n) is 43.2. The van der Waals surface area contributed by atoms with Gasteiger partial charge in [-0.25, -0.2) is 43.9 Å². The maximum Gasteiger partial charge on any atom is 0.216 e. The van der Waals surface area contributed by atoms with E-state index in [1.807, 2.05) is 12.4 Å². The summed E-state index contributed by atoms with van der Waals surface area (Å²) in [5.74, 6) is 0.706. The highest BCUT2D eigenvalue weighted by molar-refractivity contribution is 8.01. The van der Waals surface area contributed by atoms with E-state index in [9.17, 15) is 19.2 Å². The number of amides is 3. The van der Waals surface area contributed by atoms with E-state index in [2.05, 4.69) is 155 Å². The van der Waals surface area contributed by atoms with Crippen molar-refractivity contribution in [3.05, 3.63) is 95.4 Å². The van der Waals surface area contributed by atoms with Gasteiger partial charge in [-0.2, -0.15) is 0 Å². The zero-order chi connectivity index (χ0) is 90.7. The summed E-state index contributed by atoms with van der Waals surface area (Å²) in [6, 6.07) is 3.91. The summed E-state index contributed by atoms with van der Waals surface area (Å²) in [6.07, 6.45) is 19.8. The summed E-state index contributed by atoms with van der Waals surface area (Å²) >= 11 is 3.24. The van der Waals surface area contributed by atoms with Crippen LogP contribution in [0.1, 0.15) is 93.0 Å². The summed E-state index contributed by atoms with van der Waals surface area (Å²) in [6.45, 7) is 44.1. The number of thioether (sulfide) groups is 2. The second-order valence-corrected chi connectivity index (χ2v) is 63.7. The van der Waals surface area contributed by atoms with Crippen molar-refractivity contribution in [2.45, 2.75) is 232 Å². The molecule has 0 aliphatic carbocycles. The molecular weight excluding hydrogens is 1750 g/mol. The molecule has 3 amide bonds. The van der Waals surface area contributed by atoms with Gasteiger partial charge in [0, 0.05) is 123 Å². The summed E-state index contributed by atoms with van der Waals surface area (Å²) in [4.78, 5) is 74.3. The van der Waals surface area contributed by atoms with Crippen LogP contribution in [0.5, 0.6) is 0 Å². The highest BCUT2D eigenvalue weighted by Gasteiger charge is 2.37. The topological polar surface area (TPSA) is 412 Å². The number of nitrogens with one attached hydrogen (secondary N) is 3. The Morgan fingerprint density at radius 1 is 0.352 bits per heavy atom. The van der Waals surface area contributed by atoms with E-state index in [0.29, 0.717) is 186 Å². The van der Waals surface area contributed by atoms with Gasteiger partial charge in [-0.3, -0.25) is 14.4 Å². The Morgan fingerprint density at radius 3 is 0.936 bits per heavy atom. The van der Waals surface area contributed by atoms with Crippen LogP contribution in [0.4, 0.5) is 0 Å². The van der Waals surface area contributed by atoms with Gasteiger partial charge in [-0.1, -0.05) is 39.2 Å². The average Bonchev–Trinajstić information content (AvgIpc) is 1.29. The van der Waals surface area contributed by atoms with Crippen LogP contribution in [-0.4, -0.2) is 298 Å². The van der Waals surface area contributed by atoms with Crippen LogP contribution in [0.15, 0.2) is 66.1 Å². The van der Waals surface area contributed by atoms with Crippen LogP contribution in [0.3, 0.4) is 0 Å². The molecule has 3 N–H and O–H groups in total. The van der Waals surface area contributed by atoms with Gasteiger partial charge in [0.1, 0.15) is 28.7 Å². The molecule has 6 heterocycles. The number of hydrogen-bond acceptors (Lipinski definition) is 33. The van der Waals surface area contributed by atoms with Gasteiger partial charge >= 0.3 is 0 Å². The number of carbonyl (C=O) groups excluding carboxylic acids is 4. The Kier molecular flexibility index (Phi) is 50.7. The largest absolute Gasteiger partial charge is 0.455 e. The van der Waals surface area contributed by atoms with E-state index in [-0.39, 0.29) is 69.6 Å². The molecule has 125 heavy (non-hydrogen) atoms. The minimum atomic E-state index is -1.98. The van der Waals surface area contributed by atoms with E-state index in [1.165, 1.54) is 6.92 Å². The summed E-state index contributed by atoms with van der Waals surface area (Å²) in [5, 5.41) is 37.6. The number of aromatic nitrogens is 15. The molecule has 0 bridgehead atoms. The first-order chi connectivity index (χ1) is 59.6. The Bertz CT molecular complexity index is 3600. The monoisotopic (exact) mass is 1890 g/mol. The van der Waals surface area contributed by atoms with Crippen LogP contribution in [0, 0.1) is 5.41 Å². The van der Waals surface area contributed by atoms with Gasteiger partial charge in [0.25, 0.3) is 0 Å². The first-order valence-corrected chi connectivity index (χ1v) is 63.9. The van der Waals surface area contributed by atoms with Crippen molar-refractivity contribution >= 4 is 96.9 Å². The van der Waals surface area contributed by atoms with Crippen molar-refractivity contribution in [1.29, 1.82) is 0 Å². The van der Waals surface area contributed by atoms with E-state index in [4.69, 9.17) is 69.2 Å². The molecule has 0 aliphatic rings. The van der Waals surface area contributed by atoms with E-state index >= 15 is 0 Å². The average molecular weight is 1890 g/mol.